The zero-order valence-corrected chi connectivity index (χ0v) is 23.2. The lowest BCUT2D eigenvalue weighted by atomic mass is 10.1. The second-order valence-electron chi connectivity index (χ2n) is 7.26. The van der Waals surface area contributed by atoms with Crippen LogP contribution < -0.4 is 9.47 Å². The first kappa shape index (κ1) is 26.6. The van der Waals surface area contributed by atoms with Gasteiger partial charge in [0.25, 0.3) is 0 Å². The van der Waals surface area contributed by atoms with E-state index in [0.717, 1.165) is 42.7 Å². The third-order valence-corrected chi connectivity index (χ3v) is 6.20. The maximum Gasteiger partial charge on any atom is 0.118 e. The highest BCUT2D eigenvalue weighted by Crippen LogP contribution is 2.24. The fraction of sp³-hybridized carbons (Fsp3) is 0.0667. The van der Waals surface area contributed by atoms with E-state index in [1.54, 1.807) is 14.2 Å². The zero-order valence-electron chi connectivity index (χ0n) is 19.3. The van der Waals surface area contributed by atoms with Crippen molar-refractivity contribution in [3.05, 3.63) is 128 Å². The fourth-order valence-corrected chi connectivity index (χ4v) is 3.67. The smallest absolute Gasteiger partial charge is 0.118 e. The normalized spacial score (nSPS) is 10.4. The number of methoxy groups -OCH3 is 2. The lowest BCUT2D eigenvalue weighted by Gasteiger charge is -2.02. The zero-order chi connectivity index (χ0) is 25.0. The second-order valence-corrected chi connectivity index (χ2v) is 9.50. The minimum absolute atomic E-state index is 0.708. The molecule has 0 atom stereocenters. The van der Waals surface area contributed by atoms with E-state index in [2.05, 4.69) is 43.7 Å². The van der Waals surface area contributed by atoms with E-state index in [4.69, 9.17) is 21.1 Å². The Balaban J connectivity index is 0.000000196. The van der Waals surface area contributed by atoms with Crippen LogP contribution in [0, 0.1) is 11.8 Å². The van der Waals surface area contributed by atoms with E-state index in [9.17, 15) is 0 Å². The van der Waals surface area contributed by atoms with Gasteiger partial charge in [-0.2, -0.15) is 0 Å². The summed E-state index contributed by atoms with van der Waals surface area (Å²) in [6, 6.07) is 31.3. The van der Waals surface area contributed by atoms with Crippen molar-refractivity contribution in [2.24, 2.45) is 0 Å². The van der Waals surface area contributed by atoms with Crippen molar-refractivity contribution in [3.63, 3.8) is 0 Å². The quantitative estimate of drug-likeness (QED) is 0.170. The molecule has 176 valence electrons. The lowest BCUT2D eigenvalue weighted by molar-refractivity contribution is 0.414. The van der Waals surface area contributed by atoms with Crippen LogP contribution >= 0.6 is 43.5 Å². The molecule has 0 aliphatic carbocycles. The molecule has 0 bridgehead atoms. The molecular weight excluding hydrogens is 588 g/mol. The maximum absolute atomic E-state index is 6.28. The van der Waals surface area contributed by atoms with Crippen LogP contribution in [0.5, 0.6) is 11.5 Å². The van der Waals surface area contributed by atoms with E-state index in [1.807, 2.05) is 103 Å². The van der Waals surface area contributed by atoms with Gasteiger partial charge in [0.2, 0.25) is 0 Å². The molecule has 0 aromatic heterocycles. The molecule has 0 fully saturated rings. The molecule has 0 heterocycles. The van der Waals surface area contributed by atoms with Crippen molar-refractivity contribution in [1.29, 1.82) is 0 Å². The molecule has 4 aromatic rings. The van der Waals surface area contributed by atoms with Gasteiger partial charge in [-0.05, 0) is 102 Å². The van der Waals surface area contributed by atoms with Crippen LogP contribution in [0.2, 0.25) is 0 Å². The fourth-order valence-electron chi connectivity index (χ4n) is 2.89. The van der Waals surface area contributed by atoms with Crippen LogP contribution in [-0.2, 0) is 0 Å². The van der Waals surface area contributed by atoms with Crippen LogP contribution in [0.15, 0.2) is 106 Å². The molecule has 0 radical (unpaired) electrons. The minimum Gasteiger partial charge on any atom is -0.497 e. The van der Waals surface area contributed by atoms with Crippen LogP contribution in [0.3, 0.4) is 0 Å². The average molecular weight is 611 g/mol. The molecule has 5 heteroatoms. The number of hydrogen-bond acceptors (Lipinski definition) is 2. The summed E-state index contributed by atoms with van der Waals surface area (Å²) < 4.78 is 12.3. The molecule has 4 rings (SSSR count). The molecule has 0 amide bonds. The van der Waals surface area contributed by atoms with Gasteiger partial charge in [0.05, 0.1) is 14.2 Å². The topological polar surface area (TPSA) is 18.5 Å². The van der Waals surface area contributed by atoms with Crippen LogP contribution in [0.25, 0.3) is 11.1 Å². The first-order valence-corrected chi connectivity index (χ1v) is 12.6. The molecule has 0 aliphatic heterocycles. The van der Waals surface area contributed by atoms with Gasteiger partial charge in [-0.1, -0.05) is 67.4 Å². The summed E-state index contributed by atoms with van der Waals surface area (Å²) in [4.78, 5) is 0. The van der Waals surface area contributed by atoms with E-state index in [0.29, 0.717) is 5.03 Å². The first-order valence-electron chi connectivity index (χ1n) is 10.7. The molecule has 2 nitrogen and oxygen atoms in total. The number of halogens is 3. The van der Waals surface area contributed by atoms with E-state index < -0.39 is 0 Å². The number of benzene rings is 4. The second kappa shape index (κ2) is 13.8. The molecule has 0 spiro atoms. The summed E-state index contributed by atoms with van der Waals surface area (Å²) in [6.45, 7) is 0. The van der Waals surface area contributed by atoms with Crippen molar-refractivity contribution in [3.8, 4) is 23.3 Å². The van der Waals surface area contributed by atoms with Gasteiger partial charge >= 0.3 is 0 Å². The van der Waals surface area contributed by atoms with E-state index >= 15 is 0 Å². The van der Waals surface area contributed by atoms with Gasteiger partial charge < -0.3 is 9.47 Å². The average Bonchev–Trinajstić information content (AvgIpc) is 2.90. The third kappa shape index (κ3) is 8.96. The third-order valence-electron chi connectivity index (χ3n) is 4.81. The standard InChI is InChI=1S/C15H12BrClO.C15H11BrO/c1-18-14-8-4-12(5-9-14)15(17)10-11-2-6-13(16)7-3-11;1-17-15-10-6-13(7-11-15)3-2-12-4-8-14(16)9-5-12/h2-10H,1H3;4-11H,1H3/b15-10-;. The molecule has 0 saturated heterocycles. The predicted molar refractivity (Wildman–Crippen MR) is 154 cm³/mol. The van der Waals surface area contributed by atoms with Crippen LogP contribution in [0.1, 0.15) is 22.3 Å². The number of hydrogen-bond donors (Lipinski definition) is 0. The summed E-state index contributed by atoms with van der Waals surface area (Å²) >= 11 is 13.1. The Labute approximate surface area is 228 Å². The largest absolute Gasteiger partial charge is 0.497 e. The van der Waals surface area contributed by atoms with E-state index in [-0.39, 0.29) is 0 Å². The highest BCUT2D eigenvalue weighted by molar-refractivity contribution is 9.10. The molecule has 0 N–H and O–H groups in total. The maximum atomic E-state index is 6.28. The monoisotopic (exact) mass is 608 g/mol. The Kier molecular flexibility index (Phi) is 10.5. The summed E-state index contributed by atoms with van der Waals surface area (Å²) in [7, 11) is 3.30. The van der Waals surface area contributed by atoms with Crippen LogP contribution in [-0.4, -0.2) is 14.2 Å². The van der Waals surface area contributed by atoms with Gasteiger partial charge in [0, 0.05) is 25.1 Å². The Morgan fingerprint density at radius 3 is 1.49 bits per heavy atom. The summed E-state index contributed by atoms with van der Waals surface area (Å²) in [6.07, 6.45) is 1.94. The van der Waals surface area contributed by atoms with Gasteiger partial charge in [0.15, 0.2) is 0 Å². The highest BCUT2D eigenvalue weighted by atomic mass is 79.9. The molecule has 0 unspecified atom stereocenters. The van der Waals surface area contributed by atoms with Gasteiger partial charge in [-0.3, -0.25) is 0 Å². The molecule has 35 heavy (non-hydrogen) atoms. The Morgan fingerprint density at radius 2 is 1.03 bits per heavy atom. The van der Waals surface area contributed by atoms with Gasteiger partial charge in [0.1, 0.15) is 11.5 Å². The molecule has 4 aromatic carbocycles. The lowest BCUT2D eigenvalue weighted by Crippen LogP contribution is -1.83. The van der Waals surface area contributed by atoms with Crippen molar-refractivity contribution in [1.82, 2.24) is 0 Å². The minimum atomic E-state index is 0.708. The SMILES string of the molecule is COc1ccc(/C(Cl)=C/c2ccc(Br)cc2)cc1.COc1ccc(C#Cc2ccc(Br)cc2)cc1. The Bertz CT molecular complexity index is 1300. The molecule has 0 saturated carbocycles. The summed E-state index contributed by atoms with van der Waals surface area (Å²) in [5.41, 5.74) is 4.03. The van der Waals surface area contributed by atoms with Crippen LogP contribution in [0.4, 0.5) is 0 Å². The Morgan fingerprint density at radius 1 is 0.629 bits per heavy atom. The van der Waals surface area contributed by atoms with Crippen molar-refractivity contribution < 1.29 is 9.47 Å². The first-order chi connectivity index (χ1) is 17.0. The van der Waals surface area contributed by atoms with Gasteiger partial charge in [-0.25, -0.2) is 0 Å². The number of rotatable bonds is 4. The predicted octanol–water partition coefficient (Wildman–Crippen LogP) is 9.05. The van der Waals surface area contributed by atoms with Gasteiger partial charge in [-0.15, -0.1) is 0 Å². The van der Waals surface area contributed by atoms with Crippen molar-refractivity contribution in [2.45, 2.75) is 0 Å². The summed E-state index contributed by atoms with van der Waals surface area (Å²) in [5.74, 6) is 7.90. The Hall–Kier alpha value is -2.97. The number of ether oxygens (including phenoxy) is 2. The van der Waals surface area contributed by atoms with Crippen molar-refractivity contribution >= 4 is 54.6 Å². The van der Waals surface area contributed by atoms with Crippen molar-refractivity contribution in [2.75, 3.05) is 14.2 Å². The van der Waals surface area contributed by atoms with E-state index in [1.165, 1.54) is 0 Å². The summed E-state index contributed by atoms with van der Waals surface area (Å²) in [5, 5.41) is 0.708. The molecule has 0 aliphatic rings. The molecular formula is C30H23Br2ClO2. The highest BCUT2D eigenvalue weighted by Gasteiger charge is 1.99.